The van der Waals surface area contributed by atoms with Crippen LogP contribution in [0.2, 0.25) is 0 Å². The fraction of sp³-hybridized carbons (Fsp3) is 0.537. The van der Waals surface area contributed by atoms with Crippen LogP contribution in [0, 0.1) is 0 Å². The number of amides is 3. The minimum atomic E-state index is -0.468. The average Bonchev–Trinajstić information content (AvgIpc) is 3.93. The van der Waals surface area contributed by atoms with Crippen molar-refractivity contribution in [2.24, 2.45) is 5.84 Å². The summed E-state index contributed by atoms with van der Waals surface area (Å²) in [7, 11) is 0. The van der Waals surface area contributed by atoms with E-state index < -0.39 is 5.60 Å². The highest BCUT2D eigenvalue weighted by atomic mass is 32.1. The molecule has 3 N–H and O–H groups in total. The van der Waals surface area contributed by atoms with E-state index in [4.69, 9.17) is 10.6 Å². The molecule has 3 aromatic rings. The predicted octanol–water partition coefficient (Wildman–Crippen LogP) is 8.00. The molecule has 52 heavy (non-hydrogen) atoms. The van der Waals surface area contributed by atoms with Gasteiger partial charge in [0.25, 0.3) is 11.8 Å². The highest BCUT2D eigenvalue weighted by Gasteiger charge is 2.37. The number of thiophene rings is 1. The molecular weight excluding hydrogens is 673 g/mol. The van der Waals surface area contributed by atoms with Crippen LogP contribution >= 0.6 is 11.3 Å². The minimum Gasteiger partial charge on any atom is -0.443 e. The predicted molar refractivity (Wildman–Crippen MR) is 210 cm³/mol. The summed E-state index contributed by atoms with van der Waals surface area (Å²) in [5.74, 6) is 6.09. The Morgan fingerprint density at radius 3 is 2.27 bits per heavy atom. The van der Waals surface area contributed by atoms with Gasteiger partial charge >= 0.3 is 6.09 Å². The molecule has 0 bridgehead atoms. The van der Waals surface area contributed by atoms with Gasteiger partial charge in [0.05, 0.1) is 5.56 Å². The molecule has 0 radical (unpaired) electrons. The third-order valence-corrected chi connectivity index (χ3v) is 12.3. The number of nitrogens with one attached hydrogen (secondary N) is 1. The van der Waals surface area contributed by atoms with Crippen molar-refractivity contribution in [3.05, 3.63) is 75.7 Å². The second-order valence-corrected chi connectivity index (χ2v) is 16.1. The molecule has 1 saturated heterocycles. The smallest absolute Gasteiger partial charge is 0.410 e. The number of ether oxygens (including phenoxy) is 1. The Morgan fingerprint density at radius 1 is 0.942 bits per heavy atom. The lowest BCUT2D eigenvalue weighted by molar-refractivity contribution is 0.00170. The number of carbonyl (C=O) groups is 3. The van der Waals surface area contributed by atoms with Gasteiger partial charge in [-0.1, -0.05) is 19.1 Å². The lowest BCUT2D eigenvalue weighted by Crippen LogP contribution is -2.48. The van der Waals surface area contributed by atoms with Crippen molar-refractivity contribution in [3.63, 3.8) is 0 Å². The van der Waals surface area contributed by atoms with Gasteiger partial charge in [-0.15, -0.1) is 11.3 Å². The van der Waals surface area contributed by atoms with Crippen LogP contribution in [0.25, 0.3) is 0 Å². The monoisotopic (exact) mass is 728 g/mol. The molecule has 11 heteroatoms. The molecular formula is C41H56N6O4S. The second-order valence-electron chi connectivity index (χ2n) is 15.0. The molecule has 1 aliphatic heterocycles. The fourth-order valence-corrected chi connectivity index (χ4v) is 8.76. The van der Waals surface area contributed by atoms with E-state index in [0.717, 1.165) is 99.1 Å². The largest absolute Gasteiger partial charge is 0.443 e. The molecule has 6 rings (SSSR count). The van der Waals surface area contributed by atoms with Crippen LogP contribution in [-0.2, 0) is 24.1 Å². The van der Waals surface area contributed by atoms with E-state index in [1.165, 1.54) is 16.3 Å². The highest BCUT2D eigenvalue weighted by Crippen LogP contribution is 2.40. The summed E-state index contributed by atoms with van der Waals surface area (Å²) < 4.78 is 5.76. The van der Waals surface area contributed by atoms with Crippen LogP contribution in [-0.4, -0.2) is 71.6 Å². The summed E-state index contributed by atoms with van der Waals surface area (Å²) >= 11 is 1.46. The van der Waals surface area contributed by atoms with E-state index in [1.54, 1.807) is 6.07 Å². The highest BCUT2D eigenvalue weighted by molar-refractivity contribution is 7.17. The summed E-state index contributed by atoms with van der Waals surface area (Å²) in [4.78, 5) is 48.6. The molecule has 0 spiro atoms. The third kappa shape index (κ3) is 8.64. The lowest BCUT2D eigenvalue weighted by atomic mass is 9.95. The summed E-state index contributed by atoms with van der Waals surface area (Å²) in [6.07, 6.45) is 8.38. The van der Waals surface area contributed by atoms with E-state index in [2.05, 4.69) is 35.0 Å². The molecule has 280 valence electrons. The molecule has 3 aliphatic rings. The van der Waals surface area contributed by atoms with Crippen LogP contribution in [0.3, 0.4) is 0 Å². The van der Waals surface area contributed by atoms with E-state index in [0.29, 0.717) is 47.0 Å². The van der Waals surface area contributed by atoms with Gasteiger partial charge in [0.1, 0.15) is 10.6 Å². The number of aryl methyl sites for hydroxylation is 1. The quantitative estimate of drug-likeness (QED) is 0.104. The van der Waals surface area contributed by atoms with Crippen molar-refractivity contribution >= 4 is 45.6 Å². The Bertz CT molecular complexity index is 1720. The number of likely N-dealkylation sites (tertiary alicyclic amines) is 1. The number of carbonyl (C=O) groups excluding carboxylic acids is 3. The Labute approximate surface area is 313 Å². The minimum absolute atomic E-state index is 0.224. The summed E-state index contributed by atoms with van der Waals surface area (Å²) in [5.41, 5.74) is 4.41. The first-order valence-electron chi connectivity index (χ1n) is 19.2. The maximum atomic E-state index is 14.1. The van der Waals surface area contributed by atoms with Crippen LogP contribution in [0.5, 0.6) is 0 Å². The molecule has 3 amide bonds. The SMILES string of the molecule is CCN(CC)c1ccc(NC(=O)c2c(N(N)C(=O)c3cccc(CN(C4CC4)C4CCN(C(=O)OC(C)(C)CC)CC4)c3)sc3c2CCCC3)cc1. The Kier molecular flexibility index (Phi) is 11.9. The molecule has 10 nitrogen and oxygen atoms in total. The topological polar surface area (TPSA) is 111 Å². The number of nitrogens with zero attached hydrogens (tertiary/aromatic N) is 4. The Balaban J connectivity index is 1.15. The van der Waals surface area contributed by atoms with Crippen LogP contribution in [0.15, 0.2) is 48.5 Å². The van der Waals surface area contributed by atoms with Gasteiger partial charge in [-0.25, -0.2) is 15.6 Å². The maximum absolute atomic E-state index is 14.1. The zero-order valence-electron chi connectivity index (χ0n) is 31.6. The number of benzene rings is 2. The van der Waals surface area contributed by atoms with E-state index in [9.17, 15) is 14.4 Å². The average molecular weight is 729 g/mol. The summed E-state index contributed by atoms with van der Waals surface area (Å²) in [6, 6.07) is 16.5. The van der Waals surface area contributed by atoms with E-state index in [1.807, 2.05) is 62.1 Å². The number of hydrogen-bond acceptors (Lipinski definition) is 8. The lowest BCUT2D eigenvalue weighted by Gasteiger charge is -2.39. The standard InChI is InChI=1S/C41H56N6O4S/c1-6-41(4,5)51-40(50)45-24-22-33(23-25-45)46(32-20-21-32)27-28-12-11-13-29(26-28)38(49)47(42)39-36(34-14-9-10-15-35(34)52-39)37(48)43-30-16-18-31(19-17-30)44(7-2)8-3/h11-13,16-19,26,32-33H,6-10,14-15,20-25,27,42H2,1-5H3,(H,43,48). The zero-order chi connectivity index (χ0) is 37.0. The normalized spacial score (nSPS) is 16.4. The molecule has 2 aromatic carbocycles. The van der Waals surface area contributed by atoms with Gasteiger partial charge < -0.3 is 19.9 Å². The third-order valence-electron chi connectivity index (χ3n) is 11.0. The van der Waals surface area contributed by atoms with Crippen molar-refractivity contribution < 1.29 is 19.1 Å². The number of piperidine rings is 1. The van der Waals surface area contributed by atoms with Crippen molar-refractivity contribution in [2.45, 2.75) is 117 Å². The first-order valence-corrected chi connectivity index (χ1v) is 20.1. The molecule has 1 saturated carbocycles. The van der Waals surface area contributed by atoms with Gasteiger partial charge in [0, 0.05) is 66.6 Å². The molecule has 2 heterocycles. The van der Waals surface area contributed by atoms with Gasteiger partial charge in [-0.2, -0.15) is 0 Å². The maximum Gasteiger partial charge on any atom is 0.410 e. The molecule has 2 fully saturated rings. The number of fused-ring (bicyclic) bond motifs is 1. The fourth-order valence-electron chi connectivity index (χ4n) is 7.45. The summed E-state index contributed by atoms with van der Waals surface area (Å²) in [6.45, 7) is 14.1. The Hall–Kier alpha value is -3.93. The van der Waals surface area contributed by atoms with E-state index >= 15 is 0 Å². The Morgan fingerprint density at radius 2 is 1.62 bits per heavy atom. The summed E-state index contributed by atoms with van der Waals surface area (Å²) in [5, 5.41) is 4.77. The first kappa shape index (κ1) is 37.8. The number of nitrogens with two attached hydrogens (primary N) is 1. The van der Waals surface area contributed by atoms with Crippen LogP contribution in [0.1, 0.15) is 116 Å². The van der Waals surface area contributed by atoms with Crippen molar-refractivity contribution in [1.29, 1.82) is 0 Å². The van der Waals surface area contributed by atoms with Gasteiger partial charge in [0.15, 0.2) is 0 Å². The van der Waals surface area contributed by atoms with Crippen molar-refractivity contribution in [3.8, 4) is 0 Å². The number of anilines is 3. The number of hydrazine groups is 1. The van der Waals surface area contributed by atoms with Gasteiger partial charge in [-0.05, 0) is 133 Å². The first-order chi connectivity index (χ1) is 25.0. The van der Waals surface area contributed by atoms with Crippen molar-refractivity contribution in [1.82, 2.24) is 9.80 Å². The molecule has 1 aromatic heterocycles. The molecule has 2 aliphatic carbocycles. The molecule has 0 unspecified atom stereocenters. The number of rotatable bonds is 13. The second kappa shape index (κ2) is 16.4. The molecule has 0 atom stereocenters. The van der Waals surface area contributed by atoms with Crippen LogP contribution < -0.4 is 21.1 Å². The van der Waals surface area contributed by atoms with Crippen molar-refractivity contribution in [2.75, 3.05) is 41.4 Å². The van der Waals surface area contributed by atoms with Gasteiger partial charge in [0.2, 0.25) is 0 Å². The van der Waals surface area contributed by atoms with Gasteiger partial charge in [-0.3, -0.25) is 14.5 Å². The van der Waals surface area contributed by atoms with Crippen LogP contribution in [0.4, 0.5) is 21.2 Å². The zero-order valence-corrected chi connectivity index (χ0v) is 32.4. The number of hydrogen-bond donors (Lipinski definition) is 2. The van der Waals surface area contributed by atoms with E-state index in [-0.39, 0.29) is 17.9 Å².